The number of anilines is 3. The minimum atomic E-state index is -0.483. The Kier molecular flexibility index (Phi) is 6.11. The Morgan fingerprint density at radius 3 is 2.30 bits per heavy atom. The molecule has 0 atom stereocenters. The average Bonchev–Trinajstić information content (AvgIpc) is 3.13. The number of rotatable bonds is 8. The summed E-state index contributed by atoms with van der Waals surface area (Å²) < 4.78 is 18.2. The zero-order valence-corrected chi connectivity index (χ0v) is 18.2. The van der Waals surface area contributed by atoms with Crippen molar-refractivity contribution in [2.24, 2.45) is 0 Å². The highest BCUT2D eigenvalue weighted by Crippen LogP contribution is 2.39. The van der Waals surface area contributed by atoms with E-state index in [4.69, 9.17) is 14.2 Å². The van der Waals surface area contributed by atoms with Crippen molar-refractivity contribution in [2.45, 2.75) is 6.54 Å². The van der Waals surface area contributed by atoms with Gasteiger partial charge in [0.2, 0.25) is 11.7 Å². The van der Waals surface area contributed by atoms with Crippen LogP contribution in [0, 0.1) is 0 Å². The SMILES string of the molecule is COc1cc(NC(=O)Cn2nc3nc(Nc4ccccc4)ccn3c2=O)cc(OC)c1OC. The second kappa shape index (κ2) is 9.30. The van der Waals surface area contributed by atoms with E-state index >= 15 is 0 Å². The molecule has 2 aromatic heterocycles. The summed E-state index contributed by atoms with van der Waals surface area (Å²) in [6, 6.07) is 14.3. The quantitative estimate of drug-likeness (QED) is 0.420. The van der Waals surface area contributed by atoms with Crippen LogP contribution in [-0.2, 0) is 11.3 Å². The lowest BCUT2D eigenvalue weighted by atomic mass is 10.2. The fourth-order valence-electron chi connectivity index (χ4n) is 3.24. The molecule has 0 spiro atoms. The van der Waals surface area contributed by atoms with E-state index in [0.29, 0.717) is 28.8 Å². The normalized spacial score (nSPS) is 10.6. The van der Waals surface area contributed by atoms with Gasteiger partial charge in [-0.2, -0.15) is 4.98 Å². The summed E-state index contributed by atoms with van der Waals surface area (Å²) in [6.07, 6.45) is 1.55. The molecule has 11 nitrogen and oxygen atoms in total. The third-order valence-electron chi connectivity index (χ3n) is 4.74. The Morgan fingerprint density at radius 2 is 1.67 bits per heavy atom. The number of hydrogen-bond acceptors (Lipinski definition) is 8. The lowest BCUT2D eigenvalue weighted by molar-refractivity contribution is -0.117. The number of aromatic nitrogens is 4. The highest BCUT2D eigenvalue weighted by atomic mass is 16.5. The van der Waals surface area contributed by atoms with Crippen molar-refractivity contribution >= 4 is 28.9 Å². The molecule has 1 amide bonds. The second-order valence-corrected chi connectivity index (χ2v) is 6.88. The van der Waals surface area contributed by atoms with Crippen LogP contribution >= 0.6 is 0 Å². The molecule has 0 aliphatic carbocycles. The first-order chi connectivity index (χ1) is 16.0. The largest absolute Gasteiger partial charge is 0.493 e. The maximum Gasteiger partial charge on any atom is 0.352 e. The van der Waals surface area contributed by atoms with Gasteiger partial charge in [0.25, 0.3) is 5.78 Å². The van der Waals surface area contributed by atoms with Crippen LogP contribution in [0.3, 0.4) is 0 Å². The van der Waals surface area contributed by atoms with Gasteiger partial charge in [0.05, 0.1) is 21.3 Å². The topological polar surface area (TPSA) is 121 Å². The van der Waals surface area contributed by atoms with E-state index in [-0.39, 0.29) is 12.3 Å². The van der Waals surface area contributed by atoms with Crippen LogP contribution in [0.5, 0.6) is 17.2 Å². The molecule has 4 aromatic rings. The monoisotopic (exact) mass is 450 g/mol. The van der Waals surface area contributed by atoms with Gasteiger partial charge >= 0.3 is 5.69 Å². The number of hydrogen-bond donors (Lipinski definition) is 2. The number of fused-ring (bicyclic) bond motifs is 1. The molecule has 0 radical (unpaired) electrons. The van der Waals surface area contributed by atoms with Gasteiger partial charge in [-0.25, -0.2) is 13.9 Å². The van der Waals surface area contributed by atoms with Crippen molar-refractivity contribution in [1.29, 1.82) is 0 Å². The van der Waals surface area contributed by atoms with E-state index < -0.39 is 11.6 Å². The highest BCUT2D eigenvalue weighted by Gasteiger charge is 2.16. The standard InChI is InChI=1S/C22H22N6O5/c1-31-16-11-15(12-17(32-2)20(16)33-3)24-19(29)13-28-22(30)27-10-9-18(25-21(27)26-28)23-14-7-5-4-6-8-14/h4-12H,13H2,1-3H3,(H,24,29)(H,23,25,26). The fourth-order valence-corrected chi connectivity index (χ4v) is 3.24. The minimum Gasteiger partial charge on any atom is -0.493 e. The number of ether oxygens (including phenoxy) is 3. The Bertz CT molecular complexity index is 1320. The molecule has 0 aliphatic heterocycles. The molecule has 0 saturated heterocycles. The van der Waals surface area contributed by atoms with Crippen LogP contribution in [0.4, 0.5) is 17.2 Å². The van der Waals surface area contributed by atoms with Crippen molar-refractivity contribution in [3.8, 4) is 17.2 Å². The van der Waals surface area contributed by atoms with Crippen LogP contribution in [0.25, 0.3) is 5.78 Å². The molecule has 33 heavy (non-hydrogen) atoms. The first-order valence-electron chi connectivity index (χ1n) is 9.90. The Labute approximate surface area is 188 Å². The Balaban J connectivity index is 1.53. The Morgan fingerprint density at radius 1 is 0.970 bits per heavy atom. The maximum atomic E-state index is 12.6. The van der Waals surface area contributed by atoms with E-state index in [1.54, 1.807) is 24.4 Å². The smallest absolute Gasteiger partial charge is 0.352 e. The molecule has 2 aromatic carbocycles. The molecular weight excluding hydrogens is 428 g/mol. The van der Waals surface area contributed by atoms with Crippen molar-refractivity contribution in [2.75, 3.05) is 32.0 Å². The second-order valence-electron chi connectivity index (χ2n) is 6.88. The number of carbonyl (C=O) groups excluding carboxylic acids is 1. The molecule has 0 aliphatic rings. The van der Waals surface area contributed by atoms with Crippen molar-refractivity contribution < 1.29 is 19.0 Å². The molecular formula is C22H22N6O5. The highest BCUT2D eigenvalue weighted by molar-refractivity contribution is 5.91. The number of amides is 1. The molecule has 2 heterocycles. The lowest BCUT2D eigenvalue weighted by Crippen LogP contribution is -2.28. The third kappa shape index (κ3) is 4.56. The molecule has 4 rings (SSSR count). The van der Waals surface area contributed by atoms with Crippen molar-refractivity contribution in [1.82, 2.24) is 19.2 Å². The number of carbonyl (C=O) groups is 1. The van der Waals surface area contributed by atoms with Crippen LogP contribution in [0.2, 0.25) is 0 Å². The molecule has 0 unspecified atom stereocenters. The molecule has 0 bridgehead atoms. The van der Waals surface area contributed by atoms with Crippen LogP contribution in [0.1, 0.15) is 0 Å². The molecule has 170 valence electrons. The zero-order valence-electron chi connectivity index (χ0n) is 18.2. The van der Waals surface area contributed by atoms with Gasteiger partial charge in [-0.3, -0.25) is 4.79 Å². The third-order valence-corrected chi connectivity index (χ3v) is 4.74. The fraction of sp³-hybridized carbons (Fsp3) is 0.182. The number of para-hydroxylation sites is 1. The van der Waals surface area contributed by atoms with E-state index in [2.05, 4.69) is 20.7 Å². The van der Waals surface area contributed by atoms with E-state index in [0.717, 1.165) is 10.4 Å². The van der Waals surface area contributed by atoms with E-state index in [9.17, 15) is 9.59 Å². The van der Waals surface area contributed by atoms with Crippen LogP contribution in [-0.4, -0.2) is 46.4 Å². The zero-order chi connectivity index (χ0) is 23.4. The predicted molar refractivity (Wildman–Crippen MR) is 122 cm³/mol. The summed E-state index contributed by atoms with van der Waals surface area (Å²) in [5.41, 5.74) is 0.781. The van der Waals surface area contributed by atoms with Gasteiger partial charge in [0.1, 0.15) is 12.4 Å². The number of benzene rings is 2. The maximum absolute atomic E-state index is 12.6. The average molecular weight is 450 g/mol. The number of nitrogens with zero attached hydrogens (tertiary/aromatic N) is 4. The van der Waals surface area contributed by atoms with Crippen molar-refractivity contribution in [3.05, 3.63) is 65.2 Å². The minimum absolute atomic E-state index is 0.168. The molecule has 0 fully saturated rings. The molecule has 2 N–H and O–H groups in total. The van der Waals surface area contributed by atoms with Gasteiger partial charge in [0.15, 0.2) is 11.5 Å². The number of methoxy groups -OCH3 is 3. The number of nitrogens with one attached hydrogen (secondary N) is 2. The van der Waals surface area contributed by atoms with Crippen LogP contribution < -0.4 is 30.5 Å². The van der Waals surface area contributed by atoms with Crippen LogP contribution in [0.15, 0.2) is 59.5 Å². The van der Waals surface area contributed by atoms with E-state index in [1.165, 1.54) is 25.7 Å². The van der Waals surface area contributed by atoms with E-state index in [1.807, 2.05) is 30.3 Å². The van der Waals surface area contributed by atoms with Gasteiger partial charge in [-0.1, -0.05) is 18.2 Å². The molecule has 11 heteroatoms. The Hall–Kier alpha value is -4.54. The summed E-state index contributed by atoms with van der Waals surface area (Å²) in [5, 5.41) is 10.0. The summed E-state index contributed by atoms with van der Waals surface area (Å²) in [7, 11) is 4.45. The summed E-state index contributed by atoms with van der Waals surface area (Å²) >= 11 is 0. The molecule has 0 saturated carbocycles. The van der Waals surface area contributed by atoms with Crippen molar-refractivity contribution in [3.63, 3.8) is 0 Å². The van der Waals surface area contributed by atoms with Gasteiger partial charge in [0, 0.05) is 29.7 Å². The summed E-state index contributed by atoms with van der Waals surface area (Å²) in [6.45, 7) is -0.305. The predicted octanol–water partition coefficient (Wildman–Crippen LogP) is 2.30. The summed E-state index contributed by atoms with van der Waals surface area (Å²) in [4.78, 5) is 29.6. The van der Waals surface area contributed by atoms with Gasteiger partial charge in [-0.05, 0) is 18.2 Å². The lowest BCUT2D eigenvalue weighted by Gasteiger charge is -2.14. The van der Waals surface area contributed by atoms with Gasteiger partial charge < -0.3 is 24.8 Å². The van der Waals surface area contributed by atoms with Gasteiger partial charge in [-0.15, -0.1) is 5.10 Å². The first-order valence-corrected chi connectivity index (χ1v) is 9.90. The first kappa shape index (κ1) is 21.7. The summed E-state index contributed by atoms with van der Waals surface area (Å²) in [5.74, 6) is 1.41.